The van der Waals surface area contributed by atoms with Gasteiger partial charge in [0.1, 0.15) is 23.6 Å². The number of carbonyl (C=O) groups excluding carboxylic acids is 3. The molecule has 0 bridgehead atoms. The summed E-state index contributed by atoms with van der Waals surface area (Å²) in [6.45, 7) is 1.64. The molecule has 3 rings (SSSR count). The van der Waals surface area contributed by atoms with Crippen molar-refractivity contribution < 1.29 is 23.9 Å². The second-order valence-corrected chi connectivity index (χ2v) is 7.05. The molecule has 1 aromatic carbocycles. The van der Waals surface area contributed by atoms with Crippen molar-refractivity contribution in [3.8, 4) is 11.5 Å². The summed E-state index contributed by atoms with van der Waals surface area (Å²) in [5, 5.41) is 5.53. The second-order valence-electron chi connectivity index (χ2n) is 7.05. The van der Waals surface area contributed by atoms with Gasteiger partial charge >= 0.3 is 6.03 Å². The maximum atomic E-state index is 12.9. The molecule has 1 saturated heterocycles. The van der Waals surface area contributed by atoms with Crippen molar-refractivity contribution in [1.29, 1.82) is 0 Å². The van der Waals surface area contributed by atoms with Gasteiger partial charge in [-0.1, -0.05) is 19.8 Å². The Morgan fingerprint density at radius 2 is 2.07 bits per heavy atom. The van der Waals surface area contributed by atoms with E-state index in [1.807, 2.05) is 6.92 Å². The number of nitrogens with zero attached hydrogens (tertiary/aromatic N) is 1. The Morgan fingerprint density at radius 1 is 1.30 bits per heavy atom. The van der Waals surface area contributed by atoms with Crippen LogP contribution in [0.15, 0.2) is 18.2 Å². The first-order valence-corrected chi connectivity index (χ1v) is 9.07. The van der Waals surface area contributed by atoms with E-state index in [0.29, 0.717) is 23.6 Å². The van der Waals surface area contributed by atoms with Crippen LogP contribution in [-0.2, 0) is 9.59 Å². The predicted octanol–water partition coefficient (Wildman–Crippen LogP) is 2.14. The van der Waals surface area contributed by atoms with Gasteiger partial charge in [0.05, 0.1) is 19.9 Å². The van der Waals surface area contributed by atoms with Crippen molar-refractivity contribution in [1.82, 2.24) is 10.2 Å². The quantitative estimate of drug-likeness (QED) is 0.769. The lowest BCUT2D eigenvalue weighted by molar-refractivity contribution is -0.136. The average Bonchev–Trinajstić information content (AvgIpc) is 2.89. The topological polar surface area (TPSA) is 97.0 Å². The fourth-order valence-corrected chi connectivity index (χ4v) is 3.87. The van der Waals surface area contributed by atoms with Crippen LogP contribution in [0.25, 0.3) is 0 Å². The van der Waals surface area contributed by atoms with Gasteiger partial charge in [0.15, 0.2) is 0 Å². The summed E-state index contributed by atoms with van der Waals surface area (Å²) in [4.78, 5) is 38.8. The van der Waals surface area contributed by atoms with Gasteiger partial charge in [-0.2, -0.15) is 0 Å². The smallest absolute Gasteiger partial charge is 0.325 e. The summed E-state index contributed by atoms with van der Waals surface area (Å²) in [5.74, 6) is 0.293. The molecular formula is C19H25N3O5. The van der Waals surface area contributed by atoms with E-state index in [1.54, 1.807) is 18.2 Å². The molecule has 1 heterocycles. The number of methoxy groups -OCH3 is 2. The molecule has 0 radical (unpaired) electrons. The third-order valence-electron chi connectivity index (χ3n) is 5.49. The Morgan fingerprint density at radius 3 is 2.74 bits per heavy atom. The molecule has 1 spiro atoms. The second kappa shape index (κ2) is 7.46. The zero-order valence-electron chi connectivity index (χ0n) is 15.8. The van der Waals surface area contributed by atoms with Gasteiger partial charge in [-0.05, 0) is 30.9 Å². The van der Waals surface area contributed by atoms with Crippen LogP contribution in [-0.4, -0.2) is 49.0 Å². The Kier molecular flexibility index (Phi) is 5.25. The first kappa shape index (κ1) is 19.0. The largest absolute Gasteiger partial charge is 0.497 e. The van der Waals surface area contributed by atoms with Crippen molar-refractivity contribution in [2.45, 2.75) is 38.1 Å². The summed E-state index contributed by atoms with van der Waals surface area (Å²) in [6.07, 6.45) is 3.43. The maximum Gasteiger partial charge on any atom is 0.325 e. The lowest BCUT2D eigenvalue weighted by Crippen LogP contribution is -2.54. The molecule has 2 atom stereocenters. The zero-order chi connectivity index (χ0) is 19.6. The number of imide groups is 1. The molecule has 2 aliphatic rings. The number of hydrogen-bond acceptors (Lipinski definition) is 5. The summed E-state index contributed by atoms with van der Waals surface area (Å²) in [7, 11) is 3.02. The fourth-order valence-electron chi connectivity index (χ4n) is 3.87. The molecule has 1 aliphatic heterocycles. The first-order chi connectivity index (χ1) is 12.9. The van der Waals surface area contributed by atoms with Gasteiger partial charge < -0.3 is 20.1 Å². The molecule has 2 fully saturated rings. The van der Waals surface area contributed by atoms with Crippen LogP contribution >= 0.6 is 0 Å². The Bertz CT molecular complexity index is 766. The minimum Gasteiger partial charge on any atom is -0.497 e. The summed E-state index contributed by atoms with van der Waals surface area (Å²) >= 11 is 0. The lowest BCUT2D eigenvalue weighted by Gasteiger charge is -2.36. The van der Waals surface area contributed by atoms with Gasteiger partial charge in [-0.15, -0.1) is 0 Å². The number of carbonyl (C=O) groups is 3. The number of urea groups is 1. The van der Waals surface area contributed by atoms with Crippen LogP contribution < -0.4 is 20.1 Å². The Balaban J connectivity index is 1.71. The number of nitrogens with one attached hydrogen (secondary N) is 2. The van der Waals surface area contributed by atoms with Crippen LogP contribution in [0.3, 0.4) is 0 Å². The van der Waals surface area contributed by atoms with E-state index in [2.05, 4.69) is 10.6 Å². The molecule has 8 nitrogen and oxygen atoms in total. The molecule has 0 unspecified atom stereocenters. The van der Waals surface area contributed by atoms with Gasteiger partial charge in [0.2, 0.25) is 5.91 Å². The molecule has 4 amide bonds. The van der Waals surface area contributed by atoms with E-state index >= 15 is 0 Å². The summed E-state index contributed by atoms with van der Waals surface area (Å²) in [5.41, 5.74) is -0.427. The van der Waals surface area contributed by atoms with Crippen LogP contribution in [0, 0.1) is 5.92 Å². The van der Waals surface area contributed by atoms with Crippen molar-refractivity contribution in [2.75, 3.05) is 26.1 Å². The molecule has 146 valence electrons. The number of amides is 4. The minimum absolute atomic E-state index is 0.0532. The standard InChI is InChI=1S/C19H25N3O5/c1-12-6-4-5-9-19(12)17(24)22(18(25)21-19)11-16(23)20-14-8-7-13(26-2)10-15(14)27-3/h7-8,10,12H,4-6,9,11H2,1-3H3,(H,20,23)(H,21,25)/t12-,19+/m0/s1. The van der Waals surface area contributed by atoms with Gasteiger partial charge in [-0.3, -0.25) is 14.5 Å². The maximum absolute atomic E-state index is 12.9. The Labute approximate surface area is 158 Å². The van der Waals surface area contributed by atoms with Crippen molar-refractivity contribution in [3.05, 3.63) is 18.2 Å². The molecule has 2 N–H and O–H groups in total. The summed E-state index contributed by atoms with van der Waals surface area (Å²) in [6, 6.07) is 4.46. The molecule has 27 heavy (non-hydrogen) atoms. The molecule has 1 saturated carbocycles. The van der Waals surface area contributed by atoms with E-state index in [0.717, 1.165) is 24.2 Å². The van der Waals surface area contributed by atoms with E-state index in [-0.39, 0.29) is 18.4 Å². The third-order valence-corrected chi connectivity index (χ3v) is 5.49. The van der Waals surface area contributed by atoms with Crippen LogP contribution in [0.4, 0.5) is 10.5 Å². The zero-order valence-corrected chi connectivity index (χ0v) is 15.8. The van der Waals surface area contributed by atoms with E-state index in [9.17, 15) is 14.4 Å². The normalized spacial score (nSPS) is 24.7. The third kappa shape index (κ3) is 3.43. The van der Waals surface area contributed by atoms with E-state index in [1.165, 1.54) is 14.2 Å². The highest BCUT2D eigenvalue weighted by Gasteiger charge is 2.55. The number of ether oxygens (including phenoxy) is 2. The monoisotopic (exact) mass is 375 g/mol. The average molecular weight is 375 g/mol. The Hall–Kier alpha value is -2.77. The molecule has 1 aromatic rings. The first-order valence-electron chi connectivity index (χ1n) is 9.07. The van der Waals surface area contributed by atoms with Gasteiger partial charge in [0, 0.05) is 6.07 Å². The molecule has 0 aromatic heterocycles. The van der Waals surface area contributed by atoms with Crippen LogP contribution in [0.2, 0.25) is 0 Å². The van der Waals surface area contributed by atoms with Crippen molar-refractivity contribution in [3.63, 3.8) is 0 Å². The van der Waals surface area contributed by atoms with Crippen molar-refractivity contribution in [2.24, 2.45) is 5.92 Å². The highest BCUT2D eigenvalue weighted by molar-refractivity contribution is 6.10. The molecule has 1 aliphatic carbocycles. The molecule has 8 heteroatoms. The van der Waals surface area contributed by atoms with Crippen LogP contribution in [0.1, 0.15) is 32.6 Å². The highest BCUT2D eigenvalue weighted by atomic mass is 16.5. The van der Waals surface area contributed by atoms with Crippen LogP contribution in [0.5, 0.6) is 11.5 Å². The van der Waals surface area contributed by atoms with E-state index in [4.69, 9.17) is 9.47 Å². The predicted molar refractivity (Wildman–Crippen MR) is 98.8 cm³/mol. The number of rotatable bonds is 5. The summed E-state index contributed by atoms with van der Waals surface area (Å²) < 4.78 is 10.4. The lowest BCUT2D eigenvalue weighted by atomic mass is 9.73. The number of benzene rings is 1. The van der Waals surface area contributed by atoms with Crippen molar-refractivity contribution >= 4 is 23.5 Å². The highest BCUT2D eigenvalue weighted by Crippen LogP contribution is 2.38. The van der Waals surface area contributed by atoms with Gasteiger partial charge in [-0.25, -0.2) is 4.79 Å². The minimum atomic E-state index is -0.868. The molecular weight excluding hydrogens is 350 g/mol. The fraction of sp³-hybridized carbons (Fsp3) is 0.526. The number of hydrogen-bond donors (Lipinski definition) is 2. The van der Waals surface area contributed by atoms with E-state index < -0.39 is 17.5 Å². The van der Waals surface area contributed by atoms with Gasteiger partial charge in [0.25, 0.3) is 5.91 Å². The number of anilines is 1. The SMILES string of the molecule is COc1ccc(NC(=O)CN2C(=O)N[C@@]3(CCCC[C@@H]3C)C2=O)c(OC)c1.